The number of carboxylic acid groups (broad SMARTS) is 1. The number of hydrogen-bond acceptors (Lipinski definition) is 6. The van der Waals surface area contributed by atoms with Crippen LogP contribution < -0.4 is 14.4 Å². The Balaban J connectivity index is 1.80. The Bertz CT molecular complexity index is 956. The summed E-state index contributed by atoms with van der Waals surface area (Å²) in [5.41, 5.74) is 1.36. The molecule has 1 N–H and O–H groups in total. The molecule has 0 aromatic heterocycles. The van der Waals surface area contributed by atoms with E-state index >= 15 is 0 Å². The largest absolute Gasteiger partial charge is 0.494 e. The Morgan fingerprint density at radius 1 is 1.17 bits per heavy atom. The molecule has 1 aliphatic heterocycles. The van der Waals surface area contributed by atoms with Crippen LogP contribution in [-0.4, -0.2) is 34.5 Å². The van der Waals surface area contributed by atoms with E-state index < -0.39 is 5.97 Å². The number of nitrogens with zero attached hydrogens (tertiary/aromatic N) is 1. The first-order valence-electron chi connectivity index (χ1n) is 8.94. The summed E-state index contributed by atoms with van der Waals surface area (Å²) < 4.78 is 11.4. The van der Waals surface area contributed by atoms with Crippen LogP contribution in [0.3, 0.4) is 0 Å². The van der Waals surface area contributed by atoms with Crippen molar-refractivity contribution in [2.24, 2.45) is 0 Å². The number of rotatable bonds is 8. The van der Waals surface area contributed by atoms with Gasteiger partial charge in [-0.2, -0.15) is 0 Å². The van der Waals surface area contributed by atoms with Gasteiger partial charge in [0.05, 0.1) is 30.2 Å². The molecule has 0 bridgehead atoms. The number of ether oxygens (including phenoxy) is 2. The number of thiocarbonyl (C=S) groups is 1. The molecule has 0 saturated carbocycles. The Morgan fingerprint density at radius 3 is 2.59 bits per heavy atom. The molecular weight excluding hydrogens is 410 g/mol. The summed E-state index contributed by atoms with van der Waals surface area (Å²) in [6, 6.07) is 14.3. The van der Waals surface area contributed by atoms with Crippen molar-refractivity contribution in [2.45, 2.75) is 13.3 Å². The van der Waals surface area contributed by atoms with Crippen molar-refractivity contribution >= 4 is 51.9 Å². The van der Waals surface area contributed by atoms with Crippen LogP contribution in [0.2, 0.25) is 0 Å². The van der Waals surface area contributed by atoms with Gasteiger partial charge in [0.25, 0.3) is 5.91 Å². The minimum absolute atomic E-state index is 0.0489. The number of anilines is 1. The van der Waals surface area contributed by atoms with Crippen LogP contribution in [0.1, 0.15) is 18.9 Å². The highest BCUT2D eigenvalue weighted by Gasteiger charge is 2.33. The standard InChI is InChI=1S/C21H19NO5S2/c1-2-26-16-9-7-15(8-10-16)22-20(25)18(29-21(22)28)13-14-5-3-4-6-17(14)27-12-11-19(23)24/h3-10,13H,2,11-12H2,1H3,(H,23,24)/b18-13+. The number of aliphatic carboxylic acids is 1. The lowest BCUT2D eigenvalue weighted by Crippen LogP contribution is -2.27. The zero-order chi connectivity index (χ0) is 20.8. The maximum atomic E-state index is 12.9. The van der Waals surface area contributed by atoms with E-state index in [1.807, 2.05) is 13.0 Å². The van der Waals surface area contributed by atoms with Gasteiger partial charge in [-0.15, -0.1) is 0 Å². The van der Waals surface area contributed by atoms with Gasteiger partial charge in [0.15, 0.2) is 4.32 Å². The first kappa shape index (κ1) is 20.9. The van der Waals surface area contributed by atoms with Gasteiger partial charge in [0, 0.05) is 5.56 Å². The lowest BCUT2D eigenvalue weighted by Gasteiger charge is -2.15. The van der Waals surface area contributed by atoms with Crippen molar-refractivity contribution in [3.8, 4) is 11.5 Å². The molecule has 0 radical (unpaired) electrons. The minimum atomic E-state index is -0.932. The summed E-state index contributed by atoms with van der Waals surface area (Å²) in [5.74, 6) is 0.0907. The third kappa shape index (κ3) is 5.16. The number of carbonyl (C=O) groups is 2. The van der Waals surface area contributed by atoms with Gasteiger partial charge in [0.1, 0.15) is 11.5 Å². The highest BCUT2D eigenvalue weighted by atomic mass is 32.2. The lowest BCUT2D eigenvalue weighted by molar-refractivity contribution is -0.137. The minimum Gasteiger partial charge on any atom is -0.494 e. The van der Waals surface area contributed by atoms with E-state index in [4.69, 9.17) is 26.8 Å². The molecule has 150 valence electrons. The SMILES string of the molecule is CCOc1ccc(N2C(=O)/C(=C\c3ccccc3OCCC(=O)O)SC2=S)cc1. The van der Waals surface area contributed by atoms with Crippen LogP contribution in [-0.2, 0) is 9.59 Å². The second kappa shape index (κ2) is 9.58. The number of hydrogen-bond donors (Lipinski definition) is 1. The summed E-state index contributed by atoms with van der Waals surface area (Å²) in [7, 11) is 0. The second-order valence-corrected chi connectivity index (χ2v) is 7.65. The maximum absolute atomic E-state index is 12.9. The first-order valence-corrected chi connectivity index (χ1v) is 10.2. The third-order valence-electron chi connectivity index (χ3n) is 3.98. The molecule has 1 heterocycles. The van der Waals surface area contributed by atoms with E-state index in [1.54, 1.807) is 48.5 Å². The molecule has 29 heavy (non-hydrogen) atoms. The van der Waals surface area contributed by atoms with E-state index in [9.17, 15) is 9.59 Å². The van der Waals surface area contributed by atoms with Gasteiger partial charge in [-0.05, 0) is 43.3 Å². The zero-order valence-corrected chi connectivity index (χ0v) is 17.3. The average molecular weight is 430 g/mol. The van der Waals surface area contributed by atoms with E-state index in [-0.39, 0.29) is 18.9 Å². The van der Waals surface area contributed by atoms with Crippen molar-refractivity contribution < 1.29 is 24.2 Å². The second-order valence-electron chi connectivity index (χ2n) is 5.97. The van der Waals surface area contributed by atoms with Gasteiger partial charge in [0.2, 0.25) is 0 Å². The zero-order valence-electron chi connectivity index (χ0n) is 15.7. The summed E-state index contributed by atoms with van der Waals surface area (Å²) in [6.45, 7) is 2.52. The lowest BCUT2D eigenvalue weighted by atomic mass is 10.2. The number of thioether (sulfide) groups is 1. The number of amides is 1. The number of benzene rings is 2. The van der Waals surface area contributed by atoms with E-state index in [2.05, 4.69) is 0 Å². The monoisotopic (exact) mass is 429 g/mol. The van der Waals surface area contributed by atoms with Crippen molar-refractivity contribution in [1.29, 1.82) is 0 Å². The summed E-state index contributed by atoms with van der Waals surface area (Å²) in [6.07, 6.45) is 1.61. The maximum Gasteiger partial charge on any atom is 0.306 e. The summed E-state index contributed by atoms with van der Waals surface area (Å²) in [5, 5.41) is 8.77. The van der Waals surface area contributed by atoms with Crippen LogP contribution >= 0.6 is 24.0 Å². The van der Waals surface area contributed by atoms with Crippen LogP contribution in [0.4, 0.5) is 5.69 Å². The quantitative estimate of drug-likeness (QED) is 0.494. The Hall–Kier alpha value is -2.84. The fourth-order valence-electron chi connectivity index (χ4n) is 2.67. The van der Waals surface area contributed by atoms with E-state index in [1.165, 1.54) is 16.7 Å². The van der Waals surface area contributed by atoms with Gasteiger partial charge in [-0.1, -0.05) is 42.2 Å². The molecule has 8 heteroatoms. The Kier molecular flexibility index (Phi) is 6.90. The molecule has 1 saturated heterocycles. The molecule has 0 aliphatic carbocycles. The summed E-state index contributed by atoms with van der Waals surface area (Å²) in [4.78, 5) is 25.6. The smallest absolute Gasteiger partial charge is 0.306 e. The topological polar surface area (TPSA) is 76.1 Å². The van der Waals surface area contributed by atoms with E-state index in [0.717, 1.165) is 5.75 Å². The number of para-hydroxylation sites is 1. The van der Waals surface area contributed by atoms with Gasteiger partial charge in [-0.3, -0.25) is 14.5 Å². The Morgan fingerprint density at radius 2 is 1.90 bits per heavy atom. The predicted molar refractivity (Wildman–Crippen MR) is 117 cm³/mol. The summed E-state index contributed by atoms with van der Waals surface area (Å²) >= 11 is 6.62. The molecule has 1 amide bonds. The first-order chi connectivity index (χ1) is 14.0. The molecule has 0 spiro atoms. The normalized spacial score (nSPS) is 15.1. The molecule has 1 aliphatic rings. The molecular formula is C21H19NO5S2. The van der Waals surface area contributed by atoms with Crippen molar-refractivity contribution in [2.75, 3.05) is 18.1 Å². The average Bonchev–Trinajstić information content (AvgIpc) is 2.97. The van der Waals surface area contributed by atoms with E-state index in [0.29, 0.717) is 32.8 Å². The van der Waals surface area contributed by atoms with Crippen molar-refractivity contribution in [1.82, 2.24) is 0 Å². The predicted octanol–water partition coefficient (Wildman–Crippen LogP) is 4.34. The van der Waals surface area contributed by atoms with Crippen LogP contribution in [0, 0.1) is 0 Å². The molecule has 2 aromatic rings. The molecule has 0 atom stereocenters. The van der Waals surface area contributed by atoms with Crippen molar-refractivity contribution in [3.05, 3.63) is 59.0 Å². The molecule has 2 aromatic carbocycles. The van der Waals surface area contributed by atoms with Crippen LogP contribution in [0.25, 0.3) is 6.08 Å². The highest BCUT2D eigenvalue weighted by Crippen LogP contribution is 2.37. The molecule has 0 unspecified atom stereocenters. The third-order valence-corrected chi connectivity index (χ3v) is 5.28. The van der Waals surface area contributed by atoms with Crippen LogP contribution in [0.15, 0.2) is 53.4 Å². The fraction of sp³-hybridized carbons (Fsp3) is 0.190. The van der Waals surface area contributed by atoms with Gasteiger partial charge in [-0.25, -0.2) is 0 Å². The fourth-order valence-corrected chi connectivity index (χ4v) is 3.96. The van der Waals surface area contributed by atoms with Crippen LogP contribution in [0.5, 0.6) is 11.5 Å². The van der Waals surface area contributed by atoms with Gasteiger partial charge < -0.3 is 14.6 Å². The highest BCUT2D eigenvalue weighted by molar-refractivity contribution is 8.27. The molecule has 1 fully saturated rings. The number of carboxylic acids is 1. The van der Waals surface area contributed by atoms with Gasteiger partial charge >= 0.3 is 5.97 Å². The molecule has 3 rings (SSSR count). The van der Waals surface area contributed by atoms with Crippen molar-refractivity contribution in [3.63, 3.8) is 0 Å². The molecule has 6 nitrogen and oxygen atoms in total. The Labute approximate surface area is 178 Å². The number of carbonyl (C=O) groups excluding carboxylic acids is 1.